The van der Waals surface area contributed by atoms with E-state index in [-0.39, 0.29) is 6.04 Å². The predicted molar refractivity (Wildman–Crippen MR) is 36.8 cm³/mol. The molecule has 0 rings (SSSR count). The van der Waals surface area contributed by atoms with Crippen molar-refractivity contribution in [3.8, 4) is 0 Å². The van der Waals surface area contributed by atoms with Gasteiger partial charge in [0.25, 0.3) is 0 Å². The molecule has 0 saturated carbocycles. The maximum absolute atomic E-state index is 5.48. The van der Waals surface area contributed by atoms with Crippen molar-refractivity contribution in [1.29, 1.82) is 0 Å². The van der Waals surface area contributed by atoms with Gasteiger partial charge in [-0.1, -0.05) is 13.8 Å². The molecule has 0 radical (unpaired) electrons. The van der Waals surface area contributed by atoms with Crippen LogP contribution >= 0.6 is 0 Å². The van der Waals surface area contributed by atoms with Crippen molar-refractivity contribution in [2.24, 2.45) is 5.73 Å². The Labute approximate surface area is 51.5 Å². The summed E-state index contributed by atoms with van der Waals surface area (Å²) < 4.78 is 0. The lowest BCUT2D eigenvalue weighted by atomic mass is 10.3. The molecule has 0 amide bonds. The van der Waals surface area contributed by atoms with E-state index in [2.05, 4.69) is 19.2 Å². The molecule has 2 nitrogen and oxygen atoms in total. The first-order valence-corrected chi connectivity index (χ1v) is 3.12. The molecule has 50 valence electrons. The van der Waals surface area contributed by atoms with Gasteiger partial charge in [-0.05, 0) is 6.92 Å². The molecular weight excluding hydrogens is 100 g/mol. The van der Waals surface area contributed by atoms with Crippen molar-refractivity contribution in [3.63, 3.8) is 0 Å². The smallest absolute Gasteiger partial charge is 0.0136 e. The van der Waals surface area contributed by atoms with Crippen molar-refractivity contribution in [2.75, 3.05) is 6.54 Å². The largest absolute Gasteiger partial charge is 0.327 e. The van der Waals surface area contributed by atoms with Crippen LogP contribution in [0.2, 0.25) is 0 Å². The molecule has 0 fully saturated rings. The van der Waals surface area contributed by atoms with Crippen molar-refractivity contribution >= 4 is 0 Å². The summed E-state index contributed by atoms with van der Waals surface area (Å²) in [5.41, 5.74) is 5.48. The van der Waals surface area contributed by atoms with E-state index in [1.165, 1.54) is 0 Å². The Kier molecular flexibility index (Phi) is 3.83. The van der Waals surface area contributed by atoms with Gasteiger partial charge in [-0.2, -0.15) is 0 Å². The summed E-state index contributed by atoms with van der Waals surface area (Å²) in [5, 5.41) is 3.22. The van der Waals surface area contributed by atoms with Gasteiger partial charge in [0.05, 0.1) is 0 Å². The first kappa shape index (κ1) is 7.92. The van der Waals surface area contributed by atoms with E-state index in [4.69, 9.17) is 5.73 Å². The molecule has 0 aromatic rings. The first-order chi connectivity index (χ1) is 3.63. The summed E-state index contributed by atoms with van der Waals surface area (Å²) in [4.78, 5) is 0. The molecule has 0 aromatic heterocycles. The highest BCUT2D eigenvalue weighted by Crippen LogP contribution is 1.76. The van der Waals surface area contributed by atoms with E-state index in [0.717, 1.165) is 6.54 Å². The summed E-state index contributed by atoms with van der Waals surface area (Å²) in [6.45, 7) is 7.14. The second kappa shape index (κ2) is 3.87. The molecule has 0 heterocycles. The second-order valence-corrected chi connectivity index (χ2v) is 2.54. The molecule has 8 heavy (non-hydrogen) atoms. The summed E-state index contributed by atoms with van der Waals surface area (Å²) in [6.07, 6.45) is 0. The van der Waals surface area contributed by atoms with E-state index in [1.807, 2.05) is 6.92 Å². The average molecular weight is 116 g/mol. The first-order valence-electron chi connectivity index (χ1n) is 3.12. The van der Waals surface area contributed by atoms with E-state index in [1.54, 1.807) is 0 Å². The average Bonchev–Trinajstić information content (AvgIpc) is 1.61. The SMILES string of the molecule is CC(C)NC[C@H](C)N. The maximum Gasteiger partial charge on any atom is 0.0136 e. The van der Waals surface area contributed by atoms with Gasteiger partial charge < -0.3 is 11.1 Å². The normalized spacial score (nSPS) is 14.6. The maximum atomic E-state index is 5.48. The molecule has 0 unspecified atom stereocenters. The molecule has 0 aliphatic heterocycles. The molecule has 0 spiro atoms. The Bertz CT molecular complexity index is 42.5. The van der Waals surface area contributed by atoms with Crippen molar-refractivity contribution in [1.82, 2.24) is 5.32 Å². The molecule has 0 bridgehead atoms. The van der Waals surface area contributed by atoms with Gasteiger partial charge in [-0.25, -0.2) is 0 Å². The third kappa shape index (κ3) is 5.92. The molecule has 0 aromatic carbocycles. The minimum Gasteiger partial charge on any atom is -0.327 e. The van der Waals surface area contributed by atoms with Crippen molar-refractivity contribution < 1.29 is 0 Å². The molecule has 0 aliphatic rings. The Morgan fingerprint density at radius 2 is 1.88 bits per heavy atom. The molecule has 0 saturated heterocycles. The minimum atomic E-state index is 0.275. The lowest BCUT2D eigenvalue weighted by molar-refractivity contribution is 0.545. The summed E-state index contributed by atoms with van der Waals surface area (Å²) in [6, 6.07) is 0.832. The van der Waals surface area contributed by atoms with Gasteiger partial charge in [-0.3, -0.25) is 0 Å². The zero-order valence-corrected chi connectivity index (χ0v) is 5.94. The minimum absolute atomic E-state index is 0.275. The van der Waals surface area contributed by atoms with Crippen LogP contribution in [0.5, 0.6) is 0 Å². The van der Waals surface area contributed by atoms with Crippen LogP contribution in [0.25, 0.3) is 0 Å². The zero-order chi connectivity index (χ0) is 6.57. The Morgan fingerprint density at radius 3 is 2.00 bits per heavy atom. The highest BCUT2D eigenvalue weighted by atomic mass is 14.9. The molecule has 0 aliphatic carbocycles. The quantitative estimate of drug-likeness (QED) is 0.557. The lowest BCUT2D eigenvalue weighted by Gasteiger charge is -2.09. The van der Waals surface area contributed by atoms with Crippen LogP contribution in [0.3, 0.4) is 0 Å². The van der Waals surface area contributed by atoms with Gasteiger partial charge in [0, 0.05) is 18.6 Å². The summed E-state index contributed by atoms with van der Waals surface area (Å²) >= 11 is 0. The van der Waals surface area contributed by atoms with E-state index in [9.17, 15) is 0 Å². The van der Waals surface area contributed by atoms with Gasteiger partial charge in [-0.15, -0.1) is 0 Å². The highest BCUT2D eigenvalue weighted by Gasteiger charge is 1.93. The van der Waals surface area contributed by atoms with Crippen LogP contribution in [-0.4, -0.2) is 18.6 Å². The van der Waals surface area contributed by atoms with E-state index >= 15 is 0 Å². The number of hydrogen-bond donors (Lipinski definition) is 2. The number of nitrogens with two attached hydrogens (primary N) is 1. The third-order valence-corrected chi connectivity index (χ3v) is 0.848. The monoisotopic (exact) mass is 116 g/mol. The van der Waals surface area contributed by atoms with Crippen LogP contribution in [0.15, 0.2) is 0 Å². The molecule has 1 atom stereocenters. The molecule has 2 heteroatoms. The van der Waals surface area contributed by atoms with Gasteiger partial charge in [0.2, 0.25) is 0 Å². The van der Waals surface area contributed by atoms with Gasteiger partial charge in [0.15, 0.2) is 0 Å². The van der Waals surface area contributed by atoms with Crippen LogP contribution < -0.4 is 11.1 Å². The van der Waals surface area contributed by atoms with E-state index in [0.29, 0.717) is 6.04 Å². The van der Waals surface area contributed by atoms with E-state index < -0.39 is 0 Å². The number of hydrogen-bond acceptors (Lipinski definition) is 2. The van der Waals surface area contributed by atoms with Crippen LogP contribution in [0.1, 0.15) is 20.8 Å². The fourth-order valence-corrected chi connectivity index (χ4v) is 0.422. The van der Waals surface area contributed by atoms with Gasteiger partial charge in [0.1, 0.15) is 0 Å². The number of rotatable bonds is 3. The topological polar surface area (TPSA) is 38.0 Å². The standard InChI is InChI=1S/C6H16N2/c1-5(2)8-4-6(3)7/h5-6,8H,4,7H2,1-3H3/t6-/m0/s1. The second-order valence-electron chi connectivity index (χ2n) is 2.54. The lowest BCUT2D eigenvalue weighted by Crippen LogP contribution is -2.34. The Hall–Kier alpha value is -0.0800. The Morgan fingerprint density at radius 1 is 1.38 bits per heavy atom. The fraction of sp³-hybridized carbons (Fsp3) is 1.00. The fourth-order valence-electron chi connectivity index (χ4n) is 0.422. The molecule has 3 N–H and O–H groups in total. The number of nitrogens with one attached hydrogen (secondary N) is 1. The zero-order valence-electron chi connectivity index (χ0n) is 5.94. The summed E-state index contributed by atoms with van der Waals surface area (Å²) in [5.74, 6) is 0. The summed E-state index contributed by atoms with van der Waals surface area (Å²) in [7, 11) is 0. The third-order valence-electron chi connectivity index (χ3n) is 0.848. The highest BCUT2D eigenvalue weighted by molar-refractivity contribution is 4.59. The Balaban J connectivity index is 2.93. The van der Waals surface area contributed by atoms with Gasteiger partial charge >= 0.3 is 0 Å². The van der Waals surface area contributed by atoms with Crippen molar-refractivity contribution in [2.45, 2.75) is 32.9 Å². The van der Waals surface area contributed by atoms with Crippen molar-refractivity contribution in [3.05, 3.63) is 0 Å². The van der Waals surface area contributed by atoms with Crippen LogP contribution in [-0.2, 0) is 0 Å². The van der Waals surface area contributed by atoms with Crippen LogP contribution in [0, 0.1) is 0 Å². The molecular formula is C6H16N2. The van der Waals surface area contributed by atoms with Crippen LogP contribution in [0.4, 0.5) is 0 Å². The predicted octanol–water partition coefficient (Wildman–Crippen LogP) is 0.332.